The SMILES string of the molecule is Cc1ccc(C(=O)N(C2CC(=O)N(c3ccc(F)cc3)C2=O)C(C)c2ccccc2)cc1. The summed E-state index contributed by atoms with van der Waals surface area (Å²) in [6.07, 6.45) is -0.134. The van der Waals surface area contributed by atoms with Crippen molar-refractivity contribution >= 4 is 23.4 Å². The quantitative estimate of drug-likeness (QED) is 0.553. The van der Waals surface area contributed by atoms with Crippen LogP contribution in [0.1, 0.15) is 40.9 Å². The molecule has 1 aliphatic heterocycles. The van der Waals surface area contributed by atoms with Gasteiger partial charge in [0.2, 0.25) is 5.91 Å². The Morgan fingerprint density at radius 1 is 0.969 bits per heavy atom. The van der Waals surface area contributed by atoms with Crippen LogP contribution in [0.4, 0.5) is 10.1 Å². The average molecular weight is 430 g/mol. The molecule has 162 valence electrons. The van der Waals surface area contributed by atoms with Crippen molar-refractivity contribution in [1.29, 1.82) is 0 Å². The lowest BCUT2D eigenvalue weighted by Gasteiger charge is -2.33. The fourth-order valence-corrected chi connectivity index (χ4v) is 4.02. The number of hydrogen-bond acceptors (Lipinski definition) is 3. The molecule has 6 heteroatoms. The van der Waals surface area contributed by atoms with E-state index in [-0.39, 0.29) is 12.3 Å². The molecule has 0 aromatic heterocycles. The van der Waals surface area contributed by atoms with E-state index in [1.807, 2.05) is 56.3 Å². The van der Waals surface area contributed by atoms with Crippen LogP contribution in [-0.2, 0) is 9.59 Å². The van der Waals surface area contributed by atoms with Gasteiger partial charge in [0.1, 0.15) is 11.9 Å². The third-order valence-electron chi connectivity index (χ3n) is 5.78. The number of anilines is 1. The Labute approximate surface area is 186 Å². The molecular formula is C26H23FN2O3. The van der Waals surface area contributed by atoms with Crippen LogP contribution < -0.4 is 4.90 Å². The maximum Gasteiger partial charge on any atom is 0.257 e. The molecule has 3 aromatic rings. The van der Waals surface area contributed by atoms with Gasteiger partial charge in [0.25, 0.3) is 11.8 Å². The van der Waals surface area contributed by atoms with Crippen LogP contribution >= 0.6 is 0 Å². The van der Waals surface area contributed by atoms with Crippen LogP contribution in [0.2, 0.25) is 0 Å². The van der Waals surface area contributed by atoms with E-state index in [4.69, 9.17) is 0 Å². The Balaban J connectivity index is 1.73. The molecule has 1 heterocycles. The molecule has 3 aromatic carbocycles. The smallest absolute Gasteiger partial charge is 0.257 e. The van der Waals surface area contributed by atoms with Crippen molar-refractivity contribution in [3.05, 3.63) is 101 Å². The fraction of sp³-hybridized carbons (Fsp3) is 0.192. The Kier molecular flexibility index (Phi) is 5.86. The first-order chi connectivity index (χ1) is 15.4. The first kappa shape index (κ1) is 21.4. The molecule has 0 saturated carbocycles. The van der Waals surface area contributed by atoms with Crippen molar-refractivity contribution in [3.63, 3.8) is 0 Å². The summed E-state index contributed by atoms with van der Waals surface area (Å²) in [6.45, 7) is 3.78. The number of halogens is 1. The van der Waals surface area contributed by atoms with Crippen molar-refractivity contribution < 1.29 is 18.8 Å². The molecule has 0 spiro atoms. The van der Waals surface area contributed by atoms with Gasteiger partial charge in [-0.05, 0) is 55.8 Å². The standard InChI is InChI=1S/C26H23FN2O3/c1-17-8-10-20(11-9-17)25(31)28(18(2)19-6-4-3-5-7-19)23-16-24(30)29(26(23)32)22-14-12-21(27)13-15-22/h3-15,18,23H,16H2,1-2H3. The van der Waals surface area contributed by atoms with Crippen molar-refractivity contribution in [3.8, 4) is 0 Å². The predicted molar refractivity (Wildman–Crippen MR) is 120 cm³/mol. The highest BCUT2D eigenvalue weighted by Gasteiger charge is 2.46. The summed E-state index contributed by atoms with van der Waals surface area (Å²) in [7, 11) is 0. The highest BCUT2D eigenvalue weighted by Crippen LogP contribution is 2.32. The summed E-state index contributed by atoms with van der Waals surface area (Å²) >= 11 is 0. The number of nitrogens with zero attached hydrogens (tertiary/aromatic N) is 2. The van der Waals surface area contributed by atoms with E-state index in [2.05, 4.69) is 0 Å². The minimum Gasteiger partial charge on any atom is -0.319 e. The topological polar surface area (TPSA) is 57.7 Å². The molecule has 4 rings (SSSR count). The van der Waals surface area contributed by atoms with Crippen LogP contribution in [0.5, 0.6) is 0 Å². The first-order valence-electron chi connectivity index (χ1n) is 10.4. The van der Waals surface area contributed by atoms with Gasteiger partial charge >= 0.3 is 0 Å². The van der Waals surface area contributed by atoms with E-state index in [0.717, 1.165) is 16.0 Å². The Morgan fingerprint density at radius 3 is 2.22 bits per heavy atom. The highest BCUT2D eigenvalue weighted by atomic mass is 19.1. The number of hydrogen-bond donors (Lipinski definition) is 0. The maximum absolute atomic E-state index is 13.6. The Bertz CT molecular complexity index is 1140. The van der Waals surface area contributed by atoms with Crippen molar-refractivity contribution in [2.24, 2.45) is 0 Å². The second kappa shape index (κ2) is 8.75. The van der Waals surface area contributed by atoms with E-state index >= 15 is 0 Å². The molecular weight excluding hydrogens is 407 g/mol. The molecule has 5 nitrogen and oxygen atoms in total. The van der Waals surface area contributed by atoms with E-state index in [1.54, 1.807) is 12.1 Å². The molecule has 0 aliphatic carbocycles. The van der Waals surface area contributed by atoms with E-state index in [0.29, 0.717) is 11.3 Å². The summed E-state index contributed by atoms with van der Waals surface area (Å²) in [6, 6.07) is 20.3. The monoisotopic (exact) mass is 430 g/mol. The normalized spacial score (nSPS) is 16.8. The molecule has 0 bridgehead atoms. The lowest BCUT2D eigenvalue weighted by Crippen LogP contribution is -2.46. The lowest BCUT2D eigenvalue weighted by atomic mass is 10.0. The fourth-order valence-electron chi connectivity index (χ4n) is 4.02. The zero-order valence-electron chi connectivity index (χ0n) is 17.9. The van der Waals surface area contributed by atoms with Crippen molar-refractivity contribution in [2.45, 2.75) is 32.4 Å². The molecule has 3 amide bonds. The van der Waals surface area contributed by atoms with Crippen LogP contribution in [0.3, 0.4) is 0 Å². The van der Waals surface area contributed by atoms with Crippen LogP contribution in [0.15, 0.2) is 78.9 Å². The van der Waals surface area contributed by atoms with Crippen LogP contribution in [0, 0.1) is 12.7 Å². The van der Waals surface area contributed by atoms with E-state index < -0.39 is 29.7 Å². The van der Waals surface area contributed by atoms with Crippen LogP contribution in [0.25, 0.3) is 0 Å². The second-order valence-electron chi connectivity index (χ2n) is 7.93. The number of carbonyl (C=O) groups excluding carboxylic acids is 3. The zero-order chi connectivity index (χ0) is 22.8. The third-order valence-corrected chi connectivity index (χ3v) is 5.78. The van der Waals surface area contributed by atoms with Gasteiger partial charge in [-0.1, -0.05) is 48.0 Å². The summed E-state index contributed by atoms with van der Waals surface area (Å²) in [5.74, 6) is -1.70. The Hall–Kier alpha value is -3.80. The minimum atomic E-state index is -0.962. The summed E-state index contributed by atoms with van der Waals surface area (Å²) in [5.41, 5.74) is 2.60. The summed E-state index contributed by atoms with van der Waals surface area (Å²) < 4.78 is 13.3. The molecule has 2 unspecified atom stereocenters. The van der Waals surface area contributed by atoms with E-state index in [9.17, 15) is 18.8 Å². The van der Waals surface area contributed by atoms with Gasteiger partial charge in [0, 0.05) is 5.56 Å². The average Bonchev–Trinajstić information content (AvgIpc) is 3.09. The Morgan fingerprint density at radius 2 is 1.59 bits per heavy atom. The van der Waals surface area contributed by atoms with Gasteiger partial charge in [-0.15, -0.1) is 0 Å². The van der Waals surface area contributed by atoms with Gasteiger partial charge in [-0.2, -0.15) is 0 Å². The van der Waals surface area contributed by atoms with Gasteiger partial charge in [-0.3, -0.25) is 14.4 Å². The van der Waals surface area contributed by atoms with Gasteiger partial charge < -0.3 is 4.90 Å². The third kappa shape index (κ3) is 4.04. The number of aryl methyl sites for hydroxylation is 1. The summed E-state index contributed by atoms with van der Waals surface area (Å²) in [5, 5.41) is 0. The number of amides is 3. The first-order valence-corrected chi connectivity index (χ1v) is 10.4. The van der Waals surface area contributed by atoms with Gasteiger partial charge in [0.05, 0.1) is 18.2 Å². The van der Waals surface area contributed by atoms with Gasteiger partial charge in [-0.25, -0.2) is 9.29 Å². The largest absolute Gasteiger partial charge is 0.319 e. The molecule has 32 heavy (non-hydrogen) atoms. The molecule has 1 aliphatic rings. The predicted octanol–water partition coefficient (Wildman–Crippen LogP) is 4.67. The van der Waals surface area contributed by atoms with Crippen molar-refractivity contribution in [2.75, 3.05) is 4.90 Å². The lowest BCUT2D eigenvalue weighted by molar-refractivity contribution is -0.122. The second-order valence-corrected chi connectivity index (χ2v) is 7.93. The van der Waals surface area contributed by atoms with Gasteiger partial charge in [0.15, 0.2) is 0 Å². The number of carbonyl (C=O) groups is 3. The summed E-state index contributed by atoms with van der Waals surface area (Å²) in [4.78, 5) is 42.3. The minimum absolute atomic E-state index is 0.134. The molecule has 0 N–H and O–H groups in total. The number of imide groups is 1. The zero-order valence-corrected chi connectivity index (χ0v) is 17.9. The molecule has 0 radical (unpaired) electrons. The number of benzene rings is 3. The van der Waals surface area contributed by atoms with Crippen LogP contribution in [-0.4, -0.2) is 28.7 Å². The molecule has 1 saturated heterocycles. The number of rotatable bonds is 5. The highest BCUT2D eigenvalue weighted by molar-refractivity contribution is 6.23. The van der Waals surface area contributed by atoms with E-state index in [1.165, 1.54) is 29.2 Å². The molecule has 2 atom stereocenters. The molecule has 1 fully saturated rings. The van der Waals surface area contributed by atoms with Crippen molar-refractivity contribution in [1.82, 2.24) is 4.90 Å². The maximum atomic E-state index is 13.6.